The summed E-state index contributed by atoms with van der Waals surface area (Å²) >= 11 is 0. The number of fused-ring (bicyclic) bond motifs is 1. The summed E-state index contributed by atoms with van der Waals surface area (Å²) in [7, 11) is 0. The fourth-order valence-electron chi connectivity index (χ4n) is 8.71. The van der Waals surface area contributed by atoms with E-state index in [2.05, 4.69) is 51.1 Å². The highest BCUT2D eigenvalue weighted by Crippen LogP contribution is 2.22. The van der Waals surface area contributed by atoms with Crippen molar-refractivity contribution in [3.8, 4) is 5.75 Å². The van der Waals surface area contributed by atoms with E-state index in [1.807, 2.05) is 0 Å². The first-order chi connectivity index (χ1) is 35.5. The zero-order valence-electron chi connectivity index (χ0n) is 42.7. The van der Waals surface area contributed by atoms with Crippen molar-refractivity contribution < 1.29 is 67.7 Å². The first-order valence-electron chi connectivity index (χ1n) is 25.5. The Kier molecular flexibility index (Phi) is 25.9. The highest BCUT2D eigenvalue weighted by molar-refractivity contribution is 6.00. The van der Waals surface area contributed by atoms with E-state index in [-0.39, 0.29) is 31.6 Å². The minimum Gasteiger partial charge on any atom is -0.508 e. The van der Waals surface area contributed by atoms with Gasteiger partial charge in [-0.05, 0) is 49.3 Å². The van der Waals surface area contributed by atoms with E-state index in [0.29, 0.717) is 24.3 Å². The molecule has 416 valence electrons. The molecule has 2 heterocycles. The highest BCUT2D eigenvalue weighted by Gasteiger charge is 2.40. The smallest absolute Gasteiger partial charge is 0.245 e. The Hall–Kier alpha value is -7.38. The molecule has 0 saturated carbocycles. The third-order valence-electron chi connectivity index (χ3n) is 13.1. The SMILES string of the molecule is CCC(C)CCCCCCCC[C@@H]1CC(=O)N[C@H](CC(N)=O)C(=O)N[C@H](Cc2ccc(O)cc2)C(=O)N[C@H](CC(N)=O)C(=O)N[C@@H](CO)C(=O)N[C@@H](CC(N)=O)C(=O)N[C@@H](CCC(N)=O)C(=O)N2CCC[C@@H]2C(=O)N1. The van der Waals surface area contributed by atoms with E-state index in [1.54, 1.807) is 0 Å². The lowest BCUT2D eigenvalue weighted by Crippen LogP contribution is -2.61. The lowest BCUT2D eigenvalue weighted by Gasteiger charge is -2.31. The van der Waals surface area contributed by atoms with Crippen LogP contribution in [0.25, 0.3) is 0 Å². The number of aromatic hydroxyl groups is 1. The maximum Gasteiger partial charge on any atom is 0.245 e. The fraction of sp³-hybridized carbons (Fsp3) is 0.633. The quantitative estimate of drug-likeness (QED) is 0.0509. The van der Waals surface area contributed by atoms with Crippen LogP contribution < -0.4 is 60.2 Å². The summed E-state index contributed by atoms with van der Waals surface area (Å²) in [5.74, 6) is -12.1. The van der Waals surface area contributed by atoms with Crippen LogP contribution in [0.15, 0.2) is 24.3 Å². The second-order valence-corrected chi connectivity index (χ2v) is 19.3. The standard InChI is InChI=1S/C49H76N12O14/c1-3-27(2)11-8-6-4-5-7-9-12-29-22-42(68)55-33(23-39(51)65)44(70)57-32(21-28-14-16-30(63)17-15-28)43(69)58-35(25-41(53)67)46(72)60-36(26-62)47(73)59-34(24-40(52)66)45(71)56-31(18-19-38(50)64)49(75)61-20-10-13-37(61)48(74)54-29/h14-17,27,29,31-37,62-63H,3-13,18-26H2,1-2H3,(H2,50,64)(H2,51,65)(H2,52,66)(H2,53,67)(H,54,74)(H,55,68)(H,56,71)(H,57,70)(H,58,69)(H,59,73)(H,60,72)/t27?,29-,31+,32-,33-,34+,35-,36+,37-/m1/s1. The summed E-state index contributed by atoms with van der Waals surface area (Å²) in [6.45, 7) is 3.19. The van der Waals surface area contributed by atoms with Crippen molar-refractivity contribution in [1.29, 1.82) is 0 Å². The normalized spacial score (nSPS) is 24.3. The van der Waals surface area contributed by atoms with E-state index >= 15 is 0 Å². The molecule has 2 aliphatic rings. The molecule has 0 aliphatic carbocycles. The van der Waals surface area contributed by atoms with Gasteiger partial charge in [-0.25, -0.2) is 0 Å². The summed E-state index contributed by atoms with van der Waals surface area (Å²) in [6.07, 6.45) is 3.94. The number of phenols is 1. The lowest BCUT2D eigenvalue weighted by molar-refractivity contribution is -0.142. The number of hydrogen-bond donors (Lipinski definition) is 13. The van der Waals surface area contributed by atoms with Crippen molar-refractivity contribution in [1.82, 2.24) is 42.1 Å². The molecule has 26 heteroatoms. The van der Waals surface area contributed by atoms with Crippen molar-refractivity contribution >= 4 is 70.9 Å². The number of benzene rings is 1. The van der Waals surface area contributed by atoms with Gasteiger partial charge in [-0.2, -0.15) is 0 Å². The van der Waals surface area contributed by atoms with Crippen molar-refractivity contribution in [3.63, 3.8) is 0 Å². The largest absolute Gasteiger partial charge is 0.508 e. The zero-order valence-corrected chi connectivity index (χ0v) is 42.7. The first kappa shape index (κ1) is 61.9. The highest BCUT2D eigenvalue weighted by atomic mass is 16.3. The van der Waals surface area contributed by atoms with E-state index in [0.717, 1.165) is 44.9 Å². The molecule has 17 N–H and O–H groups in total. The number of carbonyl (C=O) groups is 12. The minimum absolute atomic E-state index is 0.00708. The van der Waals surface area contributed by atoms with Crippen LogP contribution >= 0.6 is 0 Å². The Morgan fingerprint density at radius 1 is 0.600 bits per heavy atom. The van der Waals surface area contributed by atoms with E-state index < -0.39 is 164 Å². The Balaban J connectivity index is 2.12. The number of hydrogen-bond acceptors (Lipinski definition) is 14. The molecule has 75 heavy (non-hydrogen) atoms. The van der Waals surface area contributed by atoms with Crippen LogP contribution in [0.1, 0.15) is 129 Å². The second kappa shape index (κ2) is 31.4. The molecule has 0 spiro atoms. The number of unbranched alkanes of at least 4 members (excludes halogenated alkanes) is 5. The van der Waals surface area contributed by atoms with Crippen molar-refractivity contribution in [2.45, 2.75) is 178 Å². The number of amides is 12. The number of primary amides is 4. The number of carbonyl (C=O) groups excluding carboxylic acids is 12. The molecule has 0 radical (unpaired) electrons. The summed E-state index contributed by atoms with van der Waals surface area (Å²) in [5.41, 5.74) is 22.1. The van der Waals surface area contributed by atoms with Crippen LogP contribution in [-0.4, -0.2) is 147 Å². The Bertz CT molecular complexity index is 2200. The molecule has 1 aromatic rings. The lowest BCUT2D eigenvalue weighted by atomic mass is 9.99. The monoisotopic (exact) mass is 1060 g/mol. The van der Waals surface area contributed by atoms with E-state index in [9.17, 15) is 67.7 Å². The molecule has 1 unspecified atom stereocenters. The van der Waals surface area contributed by atoms with Crippen LogP contribution in [0.2, 0.25) is 0 Å². The van der Waals surface area contributed by atoms with E-state index in [1.165, 1.54) is 29.2 Å². The van der Waals surface area contributed by atoms with Gasteiger partial charge in [0.15, 0.2) is 0 Å². The minimum atomic E-state index is -1.96. The molecule has 26 nitrogen and oxygen atoms in total. The number of nitrogens with zero attached hydrogens (tertiary/aromatic N) is 1. The predicted octanol–water partition coefficient (Wildman–Crippen LogP) is -3.23. The van der Waals surface area contributed by atoms with Gasteiger partial charge in [0.05, 0.1) is 25.9 Å². The van der Waals surface area contributed by atoms with Crippen LogP contribution in [0, 0.1) is 5.92 Å². The molecule has 2 fully saturated rings. The van der Waals surface area contributed by atoms with Crippen LogP contribution in [-0.2, 0) is 64.0 Å². The average molecular weight is 1060 g/mol. The molecule has 1 aromatic carbocycles. The third-order valence-corrected chi connectivity index (χ3v) is 13.1. The fourth-order valence-corrected chi connectivity index (χ4v) is 8.71. The average Bonchev–Trinajstić information content (AvgIpc) is 3.84. The van der Waals surface area contributed by atoms with Crippen molar-refractivity contribution in [2.24, 2.45) is 28.9 Å². The maximum atomic E-state index is 14.3. The van der Waals surface area contributed by atoms with Gasteiger partial charge in [-0.1, -0.05) is 77.3 Å². The summed E-state index contributed by atoms with van der Waals surface area (Å²) < 4.78 is 0. The second-order valence-electron chi connectivity index (χ2n) is 19.3. The molecule has 2 aliphatic heterocycles. The van der Waals surface area contributed by atoms with Gasteiger partial charge in [0.2, 0.25) is 70.9 Å². The Labute approximate surface area is 435 Å². The molecular weight excluding hydrogens is 981 g/mol. The molecule has 3 rings (SSSR count). The molecule has 12 amide bonds. The number of nitrogens with two attached hydrogens (primary N) is 4. The number of nitrogens with one attached hydrogen (secondary N) is 7. The van der Waals surface area contributed by atoms with Gasteiger partial charge in [0.25, 0.3) is 0 Å². The molecule has 9 atom stereocenters. The molecule has 2 saturated heterocycles. The topological polar surface area (TPSA) is 437 Å². The van der Waals surface area contributed by atoms with Crippen LogP contribution in [0.4, 0.5) is 0 Å². The number of phenolic OH excluding ortho intramolecular Hbond substituents is 1. The van der Waals surface area contributed by atoms with Gasteiger partial charge in [-0.3, -0.25) is 57.5 Å². The molecule has 0 bridgehead atoms. The number of aliphatic hydroxyl groups is 1. The van der Waals surface area contributed by atoms with Gasteiger partial charge < -0.3 is 75.3 Å². The summed E-state index contributed by atoms with van der Waals surface area (Å²) in [4.78, 5) is 162. The van der Waals surface area contributed by atoms with Gasteiger partial charge in [-0.15, -0.1) is 0 Å². The zero-order chi connectivity index (χ0) is 55.8. The summed E-state index contributed by atoms with van der Waals surface area (Å²) in [5, 5.41) is 37.0. The maximum absolute atomic E-state index is 14.3. The number of rotatable bonds is 22. The third kappa shape index (κ3) is 21.9. The van der Waals surface area contributed by atoms with Gasteiger partial charge >= 0.3 is 0 Å². The van der Waals surface area contributed by atoms with E-state index in [4.69, 9.17) is 22.9 Å². The molecule has 0 aromatic heterocycles. The van der Waals surface area contributed by atoms with Crippen molar-refractivity contribution in [2.75, 3.05) is 13.2 Å². The molecular formula is C49H76N12O14. The summed E-state index contributed by atoms with van der Waals surface area (Å²) in [6, 6.07) is -7.40. The van der Waals surface area contributed by atoms with Crippen LogP contribution in [0.3, 0.4) is 0 Å². The predicted molar refractivity (Wildman–Crippen MR) is 268 cm³/mol. The van der Waals surface area contributed by atoms with Crippen LogP contribution in [0.5, 0.6) is 5.75 Å². The van der Waals surface area contributed by atoms with Gasteiger partial charge in [0.1, 0.15) is 48.0 Å². The van der Waals surface area contributed by atoms with Crippen molar-refractivity contribution in [3.05, 3.63) is 29.8 Å². The Morgan fingerprint density at radius 3 is 1.61 bits per heavy atom. The number of aliphatic hydroxyl groups excluding tert-OH is 1. The Morgan fingerprint density at radius 2 is 1.08 bits per heavy atom. The first-order valence-corrected chi connectivity index (χ1v) is 25.5. The van der Waals surface area contributed by atoms with Gasteiger partial charge in [0, 0.05) is 31.8 Å².